The van der Waals surface area contributed by atoms with Crippen molar-refractivity contribution in [2.45, 2.75) is 36.6 Å². The summed E-state index contributed by atoms with van der Waals surface area (Å²) in [5, 5.41) is 4.45. The number of amides is 2. The van der Waals surface area contributed by atoms with Crippen LogP contribution in [0.4, 0.5) is 5.69 Å². The molecular weight excluding hydrogens is 464 g/mol. The van der Waals surface area contributed by atoms with Gasteiger partial charge in [0, 0.05) is 25.2 Å². The second-order valence-corrected chi connectivity index (χ2v) is 10.6. The van der Waals surface area contributed by atoms with Crippen molar-refractivity contribution >= 4 is 38.3 Å². The predicted octanol–water partition coefficient (Wildman–Crippen LogP) is 2.44. The average molecular weight is 495 g/mol. The van der Waals surface area contributed by atoms with Gasteiger partial charge in [0.1, 0.15) is 6.04 Å². The molecule has 4 rings (SSSR count). The van der Waals surface area contributed by atoms with E-state index in [0.29, 0.717) is 25.2 Å². The number of likely N-dealkylation sites (tertiary alicyclic amines) is 1. The Morgan fingerprint density at radius 3 is 2.31 bits per heavy atom. The number of fused-ring (bicyclic) bond motifs is 1. The van der Waals surface area contributed by atoms with E-state index < -0.39 is 28.5 Å². The van der Waals surface area contributed by atoms with Crippen molar-refractivity contribution in [3.8, 4) is 0 Å². The number of piperidine rings is 1. The summed E-state index contributed by atoms with van der Waals surface area (Å²) >= 11 is 0. The normalized spacial score (nSPS) is 15.0. The lowest BCUT2D eigenvalue weighted by atomic mass is 10.0. The van der Waals surface area contributed by atoms with Gasteiger partial charge in [-0.25, -0.2) is 13.1 Å². The zero-order valence-corrected chi connectivity index (χ0v) is 20.3. The first-order valence-electron chi connectivity index (χ1n) is 11.7. The molecule has 3 aromatic carbocycles. The van der Waals surface area contributed by atoms with Gasteiger partial charge in [-0.15, -0.1) is 0 Å². The molecule has 1 saturated heterocycles. The lowest BCUT2D eigenvalue weighted by Gasteiger charge is -2.31. The lowest BCUT2D eigenvalue weighted by Crippen LogP contribution is -2.52. The average Bonchev–Trinajstić information content (AvgIpc) is 2.88. The van der Waals surface area contributed by atoms with Crippen molar-refractivity contribution in [2.75, 3.05) is 25.4 Å². The Bertz CT molecular complexity index is 1300. The Labute approximate surface area is 205 Å². The molecule has 0 aliphatic carbocycles. The molecule has 1 aliphatic heterocycles. The highest BCUT2D eigenvalue weighted by Crippen LogP contribution is 2.19. The molecule has 2 amide bonds. The second-order valence-electron chi connectivity index (χ2n) is 8.79. The monoisotopic (exact) mass is 494 g/mol. The number of carbonyl (C=O) groups is 2. The van der Waals surface area contributed by atoms with Crippen LogP contribution >= 0.6 is 0 Å². The fourth-order valence-electron chi connectivity index (χ4n) is 4.25. The summed E-state index contributed by atoms with van der Waals surface area (Å²) in [7, 11) is -3.91. The Balaban J connectivity index is 1.44. The van der Waals surface area contributed by atoms with Crippen molar-refractivity contribution in [1.82, 2.24) is 14.9 Å². The zero-order valence-electron chi connectivity index (χ0n) is 19.4. The van der Waals surface area contributed by atoms with Crippen LogP contribution in [0.3, 0.4) is 0 Å². The summed E-state index contributed by atoms with van der Waals surface area (Å²) in [4.78, 5) is 27.8. The number of rotatable bonds is 8. The molecule has 3 aromatic rings. The zero-order chi connectivity index (χ0) is 24.8. The quantitative estimate of drug-likeness (QED) is 0.415. The molecular formula is C26H30N4O4S. The maximum atomic E-state index is 13.2. The predicted molar refractivity (Wildman–Crippen MR) is 136 cm³/mol. The third kappa shape index (κ3) is 6.37. The van der Waals surface area contributed by atoms with Crippen LogP contribution in [0.1, 0.15) is 24.8 Å². The van der Waals surface area contributed by atoms with Gasteiger partial charge in [0.2, 0.25) is 21.8 Å². The van der Waals surface area contributed by atoms with Gasteiger partial charge in [0.25, 0.3) is 0 Å². The minimum atomic E-state index is -3.91. The van der Waals surface area contributed by atoms with Crippen molar-refractivity contribution in [2.24, 2.45) is 0 Å². The largest absolute Gasteiger partial charge is 0.399 e. The third-order valence-corrected chi connectivity index (χ3v) is 7.57. The molecule has 0 spiro atoms. The van der Waals surface area contributed by atoms with Crippen molar-refractivity contribution in [1.29, 1.82) is 0 Å². The molecule has 1 aliphatic rings. The summed E-state index contributed by atoms with van der Waals surface area (Å²) in [6.45, 7) is 0.837. The van der Waals surface area contributed by atoms with Crippen LogP contribution in [0.5, 0.6) is 0 Å². The van der Waals surface area contributed by atoms with E-state index in [0.717, 1.165) is 35.6 Å². The Morgan fingerprint density at radius 1 is 0.914 bits per heavy atom. The van der Waals surface area contributed by atoms with Gasteiger partial charge in [0.05, 0.1) is 11.4 Å². The maximum Gasteiger partial charge on any atom is 0.245 e. The van der Waals surface area contributed by atoms with Crippen LogP contribution in [-0.4, -0.2) is 50.8 Å². The van der Waals surface area contributed by atoms with E-state index in [4.69, 9.17) is 5.73 Å². The van der Waals surface area contributed by atoms with Crippen LogP contribution in [0.2, 0.25) is 0 Å². The summed E-state index contributed by atoms with van der Waals surface area (Å²) in [6.07, 6.45) is 3.23. The number of nitrogens with zero attached hydrogens (tertiary/aromatic N) is 1. The number of nitrogen functional groups attached to an aromatic ring is 1. The van der Waals surface area contributed by atoms with Gasteiger partial charge >= 0.3 is 0 Å². The first-order chi connectivity index (χ1) is 16.8. The Hall–Kier alpha value is -3.43. The molecule has 4 N–H and O–H groups in total. The number of carbonyl (C=O) groups excluding carboxylic acids is 2. The molecule has 9 heteroatoms. The van der Waals surface area contributed by atoms with E-state index in [1.54, 1.807) is 29.2 Å². The van der Waals surface area contributed by atoms with Gasteiger partial charge < -0.3 is 16.0 Å². The van der Waals surface area contributed by atoms with Gasteiger partial charge in [0.15, 0.2) is 0 Å². The number of anilines is 1. The Kier molecular flexibility index (Phi) is 7.67. The molecule has 0 bridgehead atoms. The van der Waals surface area contributed by atoms with E-state index in [2.05, 4.69) is 10.0 Å². The molecule has 0 radical (unpaired) electrons. The summed E-state index contributed by atoms with van der Waals surface area (Å²) in [5.41, 5.74) is 7.23. The third-order valence-electron chi connectivity index (χ3n) is 6.17. The minimum Gasteiger partial charge on any atom is -0.399 e. The number of nitrogens with two attached hydrogens (primary N) is 1. The fraction of sp³-hybridized carbons (Fsp3) is 0.308. The molecule has 0 aromatic heterocycles. The van der Waals surface area contributed by atoms with Crippen LogP contribution in [0.15, 0.2) is 71.6 Å². The highest BCUT2D eigenvalue weighted by Gasteiger charge is 2.28. The number of nitrogens with one attached hydrogen (secondary N) is 2. The van der Waals surface area contributed by atoms with Gasteiger partial charge in [-0.2, -0.15) is 0 Å². The van der Waals surface area contributed by atoms with E-state index in [-0.39, 0.29) is 10.8 Å². The molecule has 0 saturated carbocycles. The molecule has 1 fully saturated rings. The van der Waals surface area contributed by atoms with Crippen molar-refractivity contribution in [3.05, 3.63) is 72.3 Å². The fourth-order valence-corrected chi connectivity index (χ4v) is 5.27. The molecule has 8 nitrogen and oxygen atoms in total. The second kappa shape index (κ2) is 10.9. The van der Waals surface area contributed by atoms with Gasteiger partial charge in [-0.05, 0) is 59.9 Å². The first kappa shape index (κ1) is 24.7. The lowest BCUT2D eigenvalue weighted by molar-refractivity contribution is -0.137. The Morgan fingerprint density at radius 2 is 1.60 bits per heavy atom. The van der Waals surface area contributed by atoms with Crippen LogP contribution in [0, 0.1) is 0 Å². The SMILES string of the molecule is Nc1ccc(CC(NC(=O)CNS(=O)(=O)c2ccc3ccccc3c2)C(=O)N2CCCCC2)cc1. The smallest absolute Gasteiger partial charge is 0.245 e. The van der Waals surface area contributed by atoms with Gasteiger partial charge in [-0.3, -0.25) is 9.59 Å². The molecule has 35 heavy (non-hydrogen) atoms. The van der Waals surface area contributed by atoms with E-state index in [1.807, 2.05) is 36.4 Å². The highest BCUT2D eigenvalue weighted by atomic mass is 32.2. The summed E-state index contributed by atoms with van der Waals surface area (Å²) in [5.74, 6) is -0.729. The summed E-state index contributed by atoms with van der Waals surface area (Å²) in [6, 6.07) is 18.6. The highest BCUT2D eigenvalue weighted by molar-refractivity contribution is 7.89. The molecule has 184 valence electrons. The molecule has 1 unspecified atom stereocenters. The van der Waals surface area contributed by atoms with Crippen molar-refractivity contribution in [3.63, 3.8) is 0 Å². The number of benzene rings is 3. The van der Waals surface area contributed by atoms with E-state index in [1.165, 1.54) is 6.07 Å². The van der Waals surface area contributed by atoms with Gasteiger partial charge in [-0.1, -0.05) is 42.5 Å². The van der Waals surface area contributed by atoms with Crippen molar-refractivity contribution < 1.29 is 18.0 Å². The number of sulfonamides is 1. The minimum absolute atomic E-state index is 0.0758. The van der Waals surface area contributed by atoms with E-state index >= 15 is 0 Å². The maximum absolute atomic E-state index is 13.2. The topological polar surface area (TPSA) is 122 Å². The number of hydrogen-bond donors (Lipinski definition) is 3. The summed E-state index contributed by atoms with van der Waals surface area (Å²) < 4.78 is 27.9. The van der Waals surface area contributed by atoms with Crippen LogP contribution in [-0.2, 0) is 26.0 Å². The first-order valence-corrected chi connectivity index (χ1v) is 13.2. The number of hydrogen-bond acceptors (Lipinski definition) is 5. The molecule has 1 heterocycles. The molecule has 1 atom stereocenters. The van der Waals surface area contributed by atoms with Crippen LogP contribution in [0.25, 0.3) is 10.8 Å². The van der Waals surface area contributed by atoms with E-state index in [9.17, 15) is 18.0 Å². The standard InChI is InChI=1S/C26H30N4O4S/c27-22-11-8-19(9-12-22)16-24(26(32)30-14-4-1-5-15-30)29-25(31)18-28-35(33,34)23-13-10-20-6-2-3-7-21(20)17-23/h2-3,6-13,17,24,28H,1,4-5,14-16,18,27H2,(H,29,31). The van der Waals surface area contributed by atoms with Crippen LogP contribution < -0.4 is 15.8 Å².